The van der Waals surface area contributed by atoms with E-state index in [4.69, 9.17) is 10.5 Å². The Labute approximate surface area is 142 Å². The molecule has 0 fully saturated rings. The topological polar surface area (TPSA) is 93.4 Å². The fraction of sp³-hybridized carbons (Fsp3) is 0.125. The van der Waals surface area contributed by atoms with Crippen LogP contribution in [0.25, 0.3) is 0 Å². The summed E-state index contributed by atoms with van der Waals surface area (Å²) in [5.74, 6) is 0.905. The molecule has 1 atom stereocenters. The van der Waals surface area contributed by atoms with Gasteiger partial charge in [0.1, 0.15) is 17.5 Å². The van der Waals surface area contributed by atoms with Crippen molar-refractivity contribution in [2.24, 2.45) is 5.73 Å². The lowest BCUT2D eigenvalue weighted by Gasteiger charge is -2.14. The second-order valence-electron chi connectivity index (χ2n) is 4.80. The summed E-state index contributed by atoms with van der Waals surface area (Å²) in [6, 6.07) is 13.1. The highest BCUT2D eigenvalue weighted by molar-refractivity contribution is 9.10. The highest BCUT2D eigenvalue weighted by Crippen LogP contribution is 2.24. The number of halogens is 1. The lowest BCUT2D eigenvalue weighted by atomic mass is 10.2. The molecular formula is C16H16BrN3O3. The zero-order valence-corrected chi connectivity index (χ0v) is 14.0. The van der Waals surface area contributed by atoms with Gasteiger partial charge in [-0.25, -0.2) is 4.79 Å². The predicted molar refractivity (Wildman–Crippen MR) is 91.5 cm³/mol. The number of nitrogens with one attached hydrogen (secondary N) is 2. The van der Waals surface area contributed by atoms with Crippen LogP contribution in [0.1, 0.15) is 6.92 Å². The monoisotopic (exact) mass is 377 g/mol. The summed E-state index contributed by atoms with van der Waals surface area (Å²) in [6.07, 6.45) is 0. The van der Waals surface area contributed by atoms with Crippen LogP contribution >= 0.6 is 15.9 Å². The maximum atomic E-state index is 11.6. The van der Waals surface area contributed by atoms with Crippen molar-refractivity contribution in [3.63, 3.8) is 0 Å². The maximum absolute atomic E-state index is 11.6. The van der Waals surface area contributed by atoms with Crippen molar-refractivity contribution in [3.05, 3.63) is 53.0 Å². The molecule has 23 heavy (non-hydrogen) atoms. The van der Waals surface area contributed by atoms with Gasteiger partial charge in [0.05, 0.1) is 0 Å². The number of rotatable bonds is 5. The van der Waals surface area contributed by atoms with Crippen molar-refractivity contribution < 1.29 is 14.3 Å². The third kappa shape index (κ3) is 5.30. The lowest BCUT2D eigenvalue weighted by molar-refractivity contribution is -0.120. The average Bonchev–Trinajstić information content (AvgIpc) is 2.51. The lowest BCUT2D eigenvalue weighted by Crippen LogP contribution is -2.43. The molecule has 0 radical (unpaired) electrons. The van der Waals surface area contributed by atoms with Gasteiger partial charge in [0.15, 0.2) is 0 Å². The van der Waals surface area contributed by atoms with Crippen LogP contribution in [-0.2, 0) is 4.79 Å². The van der Waals surface area contributed by atoms with Crippen LogP contribution in [0.15, 0.2) is 53.0 Å². The van der Waals surface area contributed by atoms with Crippen molar-refractivity contribution in [2.75, 3.05) is 5.32 Å². The van der Waals surface area contributed by atoms with Crippen molar-refractivity contribution in [2.45, 2.75) is 13.0 Å². The van der Waals surface area contributed by atoms with Crippen LogP contribution in [0, 0.1) is 0 Å². The molecule has 0 spiro atoms. The van der Waals surface area contributed by atoms with Crippen LogP contribution in [0.2, 0.25) is 0 Å². The van der Waals surface area contributed by atoms with Gasteiger partial charge < -0.3 is 15.8 Å². The predicted octanol–water partition coefficient (Wildman–Crippen LogP) is 3.24. The summed E-state index contributed by atoms with van der Waals surface area (Å²) in [6.45, 7) is 1.63. The summed E-state index contributed by atoms with van der Waals surface area (Å²) in [4.78, 5) is 22.2. The van der Waals surface area contributed by atoms with Gasteiger partial charge in [-0.3, -0.25) is 10.1 Å². The molecule has 2 aromatic rings. The van der Waals surface area contributed by atoms with E-state index in [1.54, 1.807) is 31.2 Å². The second kappa shape index (κ2) is 7.64. The molecule has 0 aliphatic rings. The van der Waals surface area contributed by atoms with Gasteiger partial charge in [0.2, 0.25) is 5.91 Å². The molecule has 0 aliphatic heterocycles. The van der Waals surface area contributed by atoms with Crippen molar-refractivity contribution in [3.8, 4) is 11.5 Å². The Bertz CT molecular complexity index is 687. The molecule has 0 unspecified atom stereocenters. The molecular weight excluding hydrogens is 362 g/mol. The smallest absolute Gasteiger partial charge is 0.318 e. The molecule has 2 rings (SSSR count). The number of imide groups is 1. The van der Waals surface area contributed by atoms with E-state index in [1.165, 1.54) is 0 Å². The Kier molecular flexibility index (Phi) is 5.59. The van der Waals surface area contributed by atoms with E-state index in [0.29, 0.717) is 5.75 Å². The van der Waals surface area contributed by atoms with E-state index in [1.807, 2.05) is 29.6 Å². The third-order valence-electron chi connectivity index (χ3n) is 2.93. The molecule has 7 heteroatoms. The van der Waals surface area contributed by atoms with Gasteiger partial charge in [-0.15, -0.1) is 0 Å². The van der Waals surface area contributed by atoms with E-state index in [9.17, 15) is 9.59 Å². The number of ether oxygens (including phenoxy) is 1. The Morgan fingerprint density at radius 3 is 2.09 bits per heavy atom. The summed E-state index contributed by atoms with van der Waals surface area (Å²) < 4.78 is 6.68. The number of hydrogen-bond donors (Lipinski definition) is 3. The first-order valence-electron chi connectivity index (χ1n) is 6.84. The fourth-order valence-electron chi connectivity index (χ4n) is 1.80. The second-order valence-corrected chi connectivity index (χ2v) is 5.72. The van der Waals surface area contributed by atoms with E-state index < -0.39 is 18.0 Å². The first-order chi connectivity index (χ1) is 10.9. The number of amides is 3. The molecule has 4 N–H and O–H groups in total. The number of anilines is 1. The Morgan fingerprint density at radius 1 is 1.04 bits per heavy atom. The summed E-state index contributed by atoms with van der Waals surface area (Å²) in [5.41, 5.74) is 5.63. The van der Waals surface area contributed by atoms with Crippen LogP contribution in [0.4, 0.5) is 10.5 Å². The number of urea groups is 1. The van der Waals surface area contributed by atoms with E-state index in [0.717, 1.165) is 15.9 Å². The molecule has 0 heterocycles. The first-order valence-corrected chi connectivity index (χ1v) is 7.63. The SMILES string of the molecule is C[C@@H](Nc1ccc(Oc2ccc(Br)cc2)cc1)C(=O)NC(N)=O. The highest BCUT2D eigenvalue weighted by atomic mass is 79.9. The van der Waals surface area contributed by atoms with Gasteiger partial charge in [-0.1, -0.05) is 15.9 Å². The quantitative estimate of drug-likeness (QED) is 0.745. The molecule has 120 valence electrons. The standard InChI is InChI=1S/C16H16BrN3O3/c1-10(15(21)20-16(18)22)19-12-4-8-14(9-5-12)23-13-6-2-11(17)3-7-13/h2-10,19H,1H3,(H3,18,20,21,22)/t10-/m1/s1. The Hall–Kier alpha value is -2.54. The van der Waals surface area contributed by atoms with Crippen LogP contribution in [-0.4, -0.2) is 18.0 Å². The van der Waals surface area contributed by atoms with Crippen LogP contribution in [0.5, 0.6) is 11.5 Å². The van der Waals surface area contributed by atoms with Gasteiger partial charge >= 0.3 is 6.03 Å². The summed E-state index contributed by atoms with van der Waals surface area (Å²) in [5, 5.41) is 4.98. The Balaban J connectivity index is 1.95. The molecule has 2 aromatic carbocycles. The van der Waals surface area contributed by atoms with Gasteiger partial charge in [0, 0.05) is 10.2 Å². The van der Waals surface area contributed by atoms with Gasteiger partial charge in [-0.2, -0.15) is 0 Å². The minimum absolute atomic E-state index is 0.493. The van der Waals surface area contributed by atoms with Gasteiger partial charge in [0.25, 0.3) is 0 Å². The molecule has 0 aliphatic carbocycles. The van der Waals surface area contributed by atoms with E-state index >= 15 is 0 Å². The number of carbonyl (C=O) groups is 2. The molecule has 0 saturated heterocycles. The number of nitrogens with two attached hydrogens (primary N) is 1. The van der Waals surface area contributed by atoms with Crippen LogP contribution < -0.4 is 21.1 Å². The number of primary amides is 1. The first kappa shape index (κ1) is 16.8. The van der Waals surface area contributed by atoms with Crippen LogP contribution in [0.3, 0.4) is 0 Å². The normalized spacial score (nSPS) is 11.4. The largest absolute Gasteiger partial charge is 0.457 e. The number of benzene rings is 2. The summed E-state index contributed by atoms with van der Waals surface area (Å²) in [7, 11) is 0. The van der Waals surface area contributed by atoms with Crippen molar-refractivity contribution in [1.82, 2.24) is 5.32 Å². The van der Waals surface area contributed by atoms with E-state index in [2.05, 4.69) is 21.2 Å². The molecule has 0 saturated carbocycles. The zero-order valence-electron chi connectivity index (χ0n) is 12.4. The zero-order chi connectivity index (χ0) is 16.8. The molecule has 0 aromatic heterocycles. The minimum Gasteiger partial charge on any atom is -0.457 e. The summed E-state index contributed by atoms with van der Waals surface area (Å²) >= 11 is 3.36. The molecule has 3 amide bonds. The van der Waals surface area contributed by atoms with Crippen molar-refractivity contribution >= 4 is 33.6 Å². The molecule has 6 nitrogen and oxygen atoms in total. The third-order valence-corrected chi connectivity index (χ3v) is 3.46. The maximum Gasteiger partial charge on any atom is 0.318 e. The molecule has 0 bridgehead atoms. The highest BCUT2D eigenvalue weighted by Gasteiger charge is 2.13. The van der Waals surface area contributed by atoms with E-state index in [-0.39, 0.29) is 0 Å². The van der Waals surface area contributed by atoms with Gasteiger partial charge in [-0.05, 0) is 55.5 Å². The number of hydrogen-bond acceptors (Lipinski definition) is 4. The van der Waals surface area contributed by atoms with Crippen molar-refractivity contribution in [1.29, 1.82) is 0 Å². The fourth-order valence-corrected chi connectivity index (χ4v) is 2.07. The number of carbonyl (C=O) groups excluding carboxylic acids is 2. The minimum atomic E-state index is -0.873. The Morgan fingerprint density at radius 2 is 1.57 bits per heavy atom. The average molecular weight is 378 g/mol.